The van der Waals surface area contributed by atoms with Crippen LogP contribution in [0.15, 0.2) is 67.0 Å². The van der Waals surface area contributed by atoms with Gasteiger partial charge >= 0.3 is 12.1 Å². The minimum Gasteiger partial charge on any atom is -0.477 e. The van der Waals surface area contributed by atoms with Crippen LogP contribution in [0, 0.1) is 5.41 Å². The third-order valence-electron chi connectivity index (χ3n) is 5.40. The Labute approximate surface area is 208 Å². The molecule has 0 aliphatic carbocycles. The first-order chi connectivity index (χ1) is 17.5. The number of hydrogen-bond donors (Lipinski definition) is 3. The van der Waals surface area contributed by atoms with Crippen molar-refractivity contribution < 1.29 is 27.8 Å². The molecule has 4 aromatic rings. The van der Waals surface area contributed by atoms with Crippen molar-refractivity contribution in [2.24, 2.45) is 7.05 Å². The molecule has 0 saturated heterocycles. The molecule has 0 aliphatic heterocycles. The molecular formula is C25H21F3N6O3. The highest BCUT2D eigenvalue weighted by Gasteiger charge is 2.44. The average molecular weight is 510 g/mol. The van der Waals surface area contributed by atoms with E-state index in [1.807, 2.05) is 0 Å². The summed E-state index contributed by atoms with van der Waals surface area (Å²) in [4.78, 5) is 18.8. The van der Waals surface area contributed by atoms with Crippen LogP contribution in [0.4, 0.5) is 19.1 Å². The lowest BCUT2D eigenvalue weighted by Gasteiger charge is -2.24. The molecule has 1 atom stereocenters. The number of carbonyl (C=O) groups is 1. The highest BCUT2D eigenvalue weighted by Crippen LogP contribution is 2.41. The van der Waals surface area contributed by atoms with E-state index in [2.05, 4.69) is 15.1 Å². The quantitative estimate of drug-likeness (QED) is 0.297. The SMILES string of the molecule is Cn1cc(-c2ccccc2C(Oc2cc(-c3ccc(CC(=N)C(=O)O)cc3)nc(N)n2)C(F)(F)F)cn1. The highest BCUT2D eigenvalue weighted by molar-refractivity contribution is 6.34. The van der Waals surface area contributed by atoms with Crippen molar-refractivity contribution in [2.75, 3.05) is 5.73 Å². The minimum absolute atomic E-state index is 0.0838. The number of aliphatic carboxylic acids is 1. The van der Waals surface area contributed by atoms with Crippen LogP contribution in [0.1, 0.15) is 17.2 Å². The van der Waals surface area contributed by atoms with E-state index in [9.17, 15) is 18.0 Å². The van der Waals surface area contributed by atoms with Gasteiger partial charge in [-0.25, -0.2) is 9.78 Å². The van der Waals surface area contributed by atoms with Crippen LogP contribution < -0.4 is 10.5 Å². The fraction of sp³-hybridized carbons (Fsp3) is 0.160. The first-order valence-electron chi connectivity index (χ1n) is 10.9. The Hall–Kier alpha value is -4.74. The monoisotopic (exact) mass is 510 g/mol. The number of benzene rings is 2. The van der Waals surface area contributed by atoms with Gasteiger partial charge in [-0.3, -0.25) is 10.1 Å². The van der Waals surface area contributed by atoms with Gasteiger partial charge in [0.15, 0.2) is 0 Å². The highest BCUT2D eigenvalue weighted by atomic mass is 19.4. The van der Waals surface area contributed by atoms with Crippen LogP contribution in [0.2, 0.25) is 0 Å². The van der Waals surface area contributed by atoms with E-state index >= 15 is 0 Å². The van der Waals surface area contributed by atoms with Gasteiger partial charge in [0.2, 0.25) is 17.9 Å². The number of halogens is 3. The average Bonchev–Trinajstić information content (AvgIpc) is 3.28. The van der Waals surface area contributed by atoms with Crippen LogP contribution >= 0.6 is 0 Å². The largest absolute Gasteiger partial charge is 0.477 e. The van der Waals surface area contributed by atoms with Crippen molar-refractivity contribution in [3.63, 3.8) is 0 Å². The molecular weight excluding hydrogens is 489 g/mol. The molecule has 0 amide bonds. The second kappa shape index (κ2) is 10.1. The van der Waals surface area contributed by atoms with Gasteiger partial charge in [-0.05, 0) is 11.1 Å². The summed E-state index contributed by atoms with van der Waals surface area (Å²) in [5, 5.41) is 20.4. The number of nitrogen functional groups attached to an aromatic ring is 1. The molecule has 2 aromatic heterocycles. The number of aromatic nitrogens is 4. The molecule has 4 rings (SSSR count). The van der Waals surface area contributed by atoms with Crippen molar-refractivity contribution in [3.05, 3.63) is 78.1 Å². The maximum Gasteiger partial charge on any atom is 0.429 e. The van der Waals surface area contributed by atoms with Gasteiger partial charge in [0.1, 0.15) is 5.71 Å². The van der Waals surface area contributed by atoms with Gasteiger partial charge in [0.25, 0.3) is 0 Å². The number of nitrogens with zero attached hydrogens (tertiary/aromatic N) is 4. The van der Waals surface area contributed by atoms with Gasteiger partial charge in [-0.15, -0.1) is 0 Å². The smallest absolute Gasteiger partial charge is 0.429 e. The molecule has 2 aromatic carbocycles. The number of nitrogens with one attached hydrogen (secondary N) is 1. The van der Waals surface area contributed by atoms with Crippen molar-refractivity contribution in [1.29, 1.82) is 5.41 Å². The number of aryl methyl sites for hydroxylation is 1. The normalized spacial score (nSPS) is 12.2. The molecule has 190 valence electrons. The maximum atomic E-state index is 14.2. The number of hydrogen-bond acceptors (Lipinski definition) is 7. The fourth-order valence-corrected chi connectivity index (χ4v) is 3.70. The summed E-state index contributed by atoms with van der Waals surface area (Å²) in [6.45, 7) is 0. The fourth-order valence-electron chi connectivity index (χ4n) is 3.70. The molecule has 9 nitrogen and oxygen atoms in total. The van der Waals surface area contributed by atoms with E-state index in [4.69, 9.17) is 21.0 Å². The summed E-state index contributed by atoms with van der Waals surface area (Å²) in [6, 6.07) is 13.6. The lowest BCUT2D eigenvalue weighted by Crippen LogP contribution is -2.27. The van der Waals surface area contributed by atoms with E-state index < -0.39 is 24.0 Å². The van der Waals surface area contributed by atoms with E-state index in [1.54, 1.807) is 49.6 Å². The number of rotatable bonds is 8. The van der Waals surface area contributed by atoms with E-state index in [0.717, 1.165) is 0 Å². The second-order valence-corrected chi connectivity index (χ2v) is 8.14. The van der Waals surface area contributed by atoms with Crippen molar-refractivity contribution in [2.45, 2.75) is 18.7 Å². The van der Waals surface area contributed by atoms with E-state index in [0.29, 0.717) is 22.3 Å². The van der Waals surface area contributed by atoms with Crippen LogP contribution in [0.5, 0.6) is 5.88 Å². The van der Waals surface area contributed by atoms with Crippen molar-refractivity contribution in [3.8, 4) is 28.3 Å². The number of alkyl halides is 3. The lowest BCUT2D eigenvalue weighted by molar-refractivity contribution is -0.198. The summed E-state index contributed by atoms with van der Waals surface area (Å²) < 4.78 is 49.6. The number of carboxylic acid groups (broad SMARTS) is 1. The van der Waals surface area contributed by atoms with Gasteiger partial charge in [-0.1, -0.05) is 48.5 Å². The molecule has 0 spiro atoms. The summed E-state index contributed by atoms with van der Waals surface area (Å²) in [5.41, 5.74) is 7.27. The first-order valence-corrected chi connectivity index (χ1v) is 10.9. The standard InChI is InChI=1S/C25H21F3N6O3/c1-34-13-16(12-31-34)17-4-2-3-5-18(17)22(25(26,27)28)37-21-11-20(32-24(30)33-21)15-8-6-14(7-9-15)10-19(29)23(35)36/h2-9,11-13,22,29H,10H2,1H3,(H,35,36)(H2,30,32,33). The first kappa shape index (κ1) is 25.4. The number of nitrogens with two attached hydrogens (primary N) is 1. The molecule has 0 radical (unpaired) electrons. The predicted molar refractivity (Wildman–Crippen MR) is 129 cm³/mol. The molecule has 37 heavy (non-hydrogen) atoms. The second-order valence-electron chi connectivity index (χ2n) is 8.14. The Bertz CT molecular complexity index is 1450. The van der Waals surface area contributed by atoms with Gasteiger partial charge in [0, 0.05) is 42.4 Å². The Morgan fingerprint density at radius 2 is 1.84 bits per heavy atom. The number of anilines is 1. The number of ether oxygens (including phenoxy) is 1. The van der Waals surface area contributed by atoms with Gasteiger partial charge in [0.05, 0.1) is 11.9 Å². The zero-order chi connectivity index (χ0) is 26.7. The number of carboxylic acids is 1. The third-order valence-corrected chi connectivity index (χ3v) is 5.40. The minimum atomic E-state index is -4.78. The van der Waals surface area contributed by atoms with Crippen molar-refractivity contribution in [1.82, 2.24) is 19.7 Å². The molecule has 0 bridgehead atoms. The molecule has 1 unspecified atom stereocenters. The molecule has 4 N–H and O–H groups in total. The Morgan fingerprint density at radius 1 is 1.14 bits per heavy atom. The maximum absolute atomic E-state index is 14.2. The van der Waals surface area contributed by atoms with E-state index in [-0.39, 0.29) is 29.5 Å². The lowest BCUT2D eigenvalue weighted by atomic mass is 9.98. The Kier molecular flexibility index (Phi) is 6.92. The van der Waals surface area contributed by atoms with Crippen molar-refractivity contribution >= 4 is 17.6 Å². The summed E-state index contributed by atoms with van der Waals surface area (Å²) in [5.74, 6) is -1.98. The molecule has 0 aliphatic rings. The van der Waals surface area contributed by atoms with E-state index in [1.165, 1.54) is 29.1 Å². The third kappa shape index (κ3) is 5.92. The van der Waals surface area contributed by atoms with Crippen LogP contribution in [0.25, 0.3) is 22.4 Å². The summed E-state index contributed by atoms with van der Waals surface area (Å²) >= 11 is 0. The molecule has 0 saturated carbocycles. The zero-order valence-electron chi connectivity index (χ0n) is 19.4. The molecule has 2 heterocycles. The molecule has 12 heteroatoms. The van der Waals surface area contributed by atoms with Crippen LogP contribution in [0.3, 0.4) is 0 Å². The predicted octanol–water partition coefficient (Wildman–Crippen LogP) is 4.46. The molecule has 0 fully saturated rings. The summed E-state index contributed by atoms with van der Waals surface area (Å²) in [6.07, 6.45) is -4.15. The Morgan fingerprint density at radius 3 is 2.46 bits per heavy atom. The topological polar surface area (TPSA) is 140 Å². The van der Waals surface area contributed by atoms with Gasteiger partial charge in [-0.2, -0.15) is 23.3 Å². The van der Waals surface area contributed by atoms with Crippen LogP contribution in [-0.2, 0) is 18.3 Å². The Balaban J connectivity index is 1.67. The summed E-state index contributed by atoms with van der Waals surface area (Å²) in [7, 11) is 1.66. The van der Waals surface area contributed by atoms with Crippen LogP contribution in [-0.4, -0.2) is 42.7 Å². The van der Waals surface area contributed by atoms with Gasteiger partial charge < -0.3 is 15.6 Å². The zero-order valence-corrected chi connectivity index (χ0v) is 19.4.